The van der Waals surface area contributed by atoms with Gasteiger partial charge in [-0.05, 0) is 0 Å². The number of aromatic nitrogens is 1. The maximum atomic E-state index is 5.48. The van der Waals surface area contributed by atoms with Gasteiger partial charge in [-0.25, -0.2) is 4.98 Å². The predicted molar refractivity (Wildman–Crippen MR) is 56.4 cm³/mol. The van der Waals surface area contributed by atoms with Gasteiger partial charge in [0.2, 0.25) is 0 Å². The van der Waals surface area contributed by atoms with Crippen molar-refractivity contribution in [2.45, 2.75) is 13.0 Å². The van der Waals surface area contributed by atoms with Gasteiger partial charge in [0.1, 0.15) is 0 Å². The molecule has 1 aromatic heterocycles. The summed E-state index contributed by atoms with van der Waals surface area (Å²) in [4.78, 5) is 5.35. The molecule has 0 saturated carbocycles. The van der Waals surface area contributed by atoms with Crippen molar-refractivity contribution in [3.05, 3.63) is 16.1 Å². The molecular weight excluding hydrogens is 200 g/mol. The molecule has 4 nitrogen and oxygen atoms in total. The second-order valence-corrected chi connectivity index (χ2v) is 3.98. The van der Waals surface area contributed by atoms with Crippen LogP contribution in [0.1, 0.15) is 9.88 Å². The Hall–Kier alpha value is -0.490. The molecule has 0 aromatic carbocycles. The summed E-state index contributed by atoms with van der Waals surface area (Å²) in [7, 11) is 1.66. The molecule has 1 heterocycles. The highest BCUT2D eigenvalue weighted by Crippen LogP contribution is 2.12. The average molecular weight is 216 g/mol. The van der Waals surface area contributed by atoms with Crippen LogP contribution in [0, 0.1) is 0 Å². The maximum Gasteiger partial charge on any atom is 0.0951 e. The first kappa shape index (κ1) is 11.6. The Morgan fingerprint density at radius 2 is 2.29 bits per heavy atom. The lowest BCUT2D eigenvalue weighted by atomic mass is 10.5. The number of nitrogens with two attached hydrogens (primary N) is 1. The van der Waals surface area contributed by atoms with Gasteiger partial charge >= 0.3 is 0 Å². The average Bonchev–Trinajstić information content (AvgIpc) is 2.65. The van der Waals surface area contributed by atoms with E-state index in [-0.39, 0.29) is 0 Å². The molecule has 0 aliphatic rings. The van der Waals surface area contributed by atoms with E-state index in [2.05, 4.69) is 4.98 Å². The molecule has 0 spiro atoms. The number of nitrogens with zero attached hydrogens (tertiary/aromatic N) is 1. The minimum Gasteiger partial charge on any atom is -0.382 e. The SMILES string of the molecule is COCCOCCc1ncc(CN)s1. The summed E-state index contributed by atoms with van der Waals surface area (Å²) in [6.07, 6.45) is 2.68. The molecule has 5 heteroatoms. The molecule has 0 radical (unpaired) electrons. The van der Waals surface area contributed by atoms with Crippen LogP contribution in [0.15, 0.2) is 6.20 Å². The number of hydrogen-bond acceptors (Lipinski definition) is 5. The third-order valence-corrected chi connectivity index (χ3v) is 2.77. The Bertz CT molecular complexity index is 253. The normalized spacial score (nSPS) is 10.7. The van der Waals surface area contributed by atoms with Gasteiger partial charge in [-0.2, -0.15) is 0 Å². The van der Waals surface area contributed by atoms with E-state index in [1.807, 2.05) is 6.20 Å². The second kappa shape index (κ2) is 6.89. The number of rotatable bonds is 7. The van der Waals surface area contributed by atoms with E-state index in [1.54, 1.807) is 18.4 Å². The van der Waals surface area contributed by atoms with Crippen LogP contribution in [0.2, 0.25) is 0 Å². The van der Waals surface area contributed by atoms with Gasteiger partial charge in [-0.3, -0.25) is 0 Å². The topological polar surface area (TPSA) is 57.4 Å². The van der Waals surface area contributed by atoms with Crippen molar-refractivity contribution in [3.63, 3.8) is 0 Å². The summed E-state index contributed by atoms with van der Waals surface area (Å²) in [5, 5.41) is 1.09. The highest BCUT2D eigenvalue weighted by atomic mass is 32.1. The lowest BCUT2D eigenvalue weighted by Crippen LogP contribution is -2.04. The third kappa shape index (κ3) is 4.15. The monoisotopic (exact) mass is 216 g/mol. The fourth-order valence-corrected chi connectivity index (χ4v) is 1.74. The van der Waals surface area contributed by atoms with Gasteiger partial charge in [-0.1, -0.05) is 0 Å². The van der Waals surface area contributed by atoms with Crippen molar-refractivity contribution >= 4 is 11.3 Å². The van der Waals surface area contributed by atoms with Gasteiger partial charge in [0, 0.05) is 31.1 Å². The number of thiazole rings is 1. The van der Waals surface area contributed by atoms with Crippen LogP contribution in [-0.4, -0.2) is 31.9 Å². The number of methoxy groups -OCH3 is 1. The van der Waals surface area contributed by atoms with Gasteiger partial charge in [0.05, 0.1) is 24.8 Å². The summed E-state index contributed by atoms with van der Waals surface area (Å²) in [6, 6.07) is 0. The highest BCUT2D eigenvalue weighted by molar-refractivity contribution is 7.11. The second-order valence-electron chi connectivity index (χ2n) is 2.78. The van der Waals surface area contributed by atoms with Crippen LogP contribution in [0.4, 0.5) is 0 Å². The van der Waals surface area contributed by atoms with Crippen molar-refractivity contribution in [2.75, 3.05) is 26.9 Å². The lowest BCUT2D eigenvalue weighted by Gasteiger charge is -2.00. The van der Waals surface area contributed by atoms with Crippen molar-refractivity contribution in [2.24, 2.45) is 5.73 Å². The summed E-state index contributed by atoms with van der Waals surface area (Å²) in [6.45, 7) is 2.56. The Balaban J connectivity index is 2.12. The van der Waals surface area contributed by atoms with Crippen LogP contribution >= 0.6 is 11.3 Å². The summed E-state index contributed by atoms with van der Waals surface area (Å²) >= 11 is 1.65. The van der Waals surface area contributed by atoms with E-state index >= 15 is 0 Å². The standard InChI is InChI=1S/C9H16N2O2S/c1-12-4-5-13-3-2-9-11-7-8(6-10)14-9/h7H,2-6,10H2,1H3. The van der Waals surface area contributed by atoms with E-state index in [9.17, 15) is 0 Å². The molecular formula is C9H16N2O2S. The quantitative estimate of drug-likeness (QED) is 0.685. The lowest BCUT2D eigenvalue weighted by molar-refractivity contribution is 0.0722. The molecule has 14 heavy (non-hydrogen) atoms. The number of ether oxygens (including phenoxy) is 2. The summed E-state index contributed by atoms with van der Waals surface area (Å²) in [5.41, 5.74) is 5.48. The molecule has 0 fully saturated rings. The van der Waals surface area contributed by atoms with Crippen LogP contribution in [0.5, 0.6) is 0 Å². The fraction of sp³-hybridized carbons (Fsp3) is 0.667. The molecule has 0 saturated heterocycles. The van der Waals surface area contributed by atoms with E-state index < -0.39 is 0 Å². The van der Waals surface area contributed by atoms with Gasteiger partial charge in [0.25, 0.3) is 0 Å². The van der Waals surface area contributed by atoms with Crippen LogP contribution in [0.3, 0.4) is 0 Å². The predicted octanol–water partition coefficient (Wildman–Crippen LogP) is 0.807. The zero-order valence-corrected chi connectivity index (χ0v) is 9.18. The fourth-order valence-electron chi connectivity index (χ4n) is 0.962. The first-order chi connectivity index (χ1) is 6.86. The first-order valence-corrected chi connectivity index (χ1v) is 5.38. The van der Waals surface area contributed by atoms with Crippen molar-refractivity contribution in [3.8, 4) is 0 Å². The molecule has 0 aliphatic heterocycles. The Labute approximate surface area is 88.0 Å². The van der Waals surface area contributed by atoms with Crippen LogP contribution in [-0.2, 0) is 22.4 Å². The van der Waals surface area contributed by atoms with Crippen molar-refractivity contribution in [1.29, 1.82) is 0 Å². The minimum absolute atomic E-state index is 0.572. The molecule has 1 aromatic rings. The molecule has 0 bridgehead atoms. The summed E-state index contributed by atoms with van der Waals surface area (Å²) in [5.74, 6) is 0. The Morgan fingerprint density at radius 3 is 2.93 bits per heavy atom. The summed E-state index contributed by atoms with van der Waals surface area (Å²) < 4.78 is 10.2. The van der Waals surface area contributed by atoms with Crippen LogP contribution < -0.4 is 5.73 Å². The molecule has 0 amide bonds. The molecule has 0 unspecified atom stereocenters. The van der Waals surface area contributed by atoms with Gasteiger partial charge in [-0.15, -0.1) is 11.3 Å². The van der Waals surface area contributed by atoms with Crippen molar-refractivity contribution in [1.82, 2.24) is 4.98 Å². The third-order valence-electron chi connectivity index (χ3n) is 1.69. The molecule has 0 atom stereocenters. The zero-order chi connectivity index (χ0) is 10.2. The van der Waals surface area contributed by atoms with Gasteiger partial charge < -0.3 is 15.2 Å². The Morgan fingerprint density at radius 1 is 1.43 bits per heavy atom. The van der Waals surface area contributed by atoms with E-state index in [4.69, 9.17) is 15.2 Å². The minimum atomic E-state index is 0.572. The van der Waals surface area contributed by atoms with E-state index in [0.29, 0.717) is 26.4 Å². The largest absolute Gasteiger partial charge is 0.382 e. The molecule has 2 N–H and O–H groups in total. The first-order valence-electron chi connectivity index (χ1n) is 4.57. The zero-order valence-electron chi connectivity index (χ0n) is 8.36. The van der Waals surface area contributed by atoms with E-state index in [0.717, 1.165) is 16.3 Å². The molecule has 0 aliphatic carbocycles. The van der Waals surface area contributed by atoms with Crippen LogP contribution in [0.25, 0.3) is 0 Å². The molecule has 1 rings (SSSR count). The smallest absolute Gasteiger partial charge is 0.0951 e. The van der Waals surface area contributed by atoms with Gasteiger partial charge in [0.15, 0.2) is 0 Å². The number of hydrogen-bond donors (Lipinski definition) is 1. The molecule has 80 valence electrons. The highest BCUT2D eigenvalue weighted by Gasteiger charge is 1.99. The van der Waals surface area contributed by atoms with E-state index in [1.165, 1.54) is 0 Å². The maximum absolute atomic E-state index is 5.48. The Kier molecular flexibility index (Phi) is 5.70. The van der Waals surface area contributed by atoms with Crippen molar-refractivity contribution < 1.29 is 9.47 Å².